The molecule has 2 aromatic carbocycles. The molecule has 3 amide bonds. The number of nitrogens with one attached hydrogen (secondary N) is 3. The molecule has 0 aliphatic rings. The SMILES string of the molecule is CCCCNC(=O)[C@H](C)C[C@H](O)[C@H](C[C@@H](CNC(=O)Oc1cn(Cc2ccccc2OC)c2ccccc12)C(C)C)NC(=O)OC(C)(C)C. The number of aliphatic hydroxyl groups excluding tert-OH is 1. The third-order valence-electron chi connectivity index (χ3n) is 8.53. The van der Waals surface area contributed by atoms with E-state index in [1.165, 1.54) is 0 Å². The van der Waals surface area contributed by atoms with Crippen LogP contribution in [0.3, 0.4) is 0 Å². The summed E-state index contributed by atoms with van der Waals surface area (Å²) in [5, 5.41) is 20.8. The van der Waals surface area contributed by atoms with Gasteiger partial charge in [-0.25, -0.2) is 9.59 Å². The summed E-state index contributed by atoms with van der Waals surface area (Å²) in [6.45, 7) is 14.5. The van der Waals surface area contributed by atoms with E-state index in [-0.39, 0.29) is 30.7 Å². The Morgan fingerprint density at radius 2 is 1.61 bits per heavy atom. The highest BCUT2D eigenvalue weighted by Gasteiger charge is 2.31. The fourth-order valence-corrected chi connectivity index (χ4v) is 5.68. The molecule has 1 heterocycles. The second-order valence-electron chi connectivity index (χ2n) is 14.1. The molecule has 0 saturated carbocycles. The molecular weight excluding hydrogens is 624 g/mol. The summed E-state index contributed by atoms with van der Waals surface area (Å²) in [5.41, 5.74) is 1.17. The molecule has 0 aliphatic heterocycles. The highest BCUT2D eigenvalue weighted by molar-refractivity contribution is 5.89. The van der Waals surface area contributed by atoms with Crippen LogP contribution in [-0.2, 0) is 16.1 Å². The summed E-state index contributed by atoms with van der Waals surface area (Å²) in [7, 11) is 1.64. The Morgan fingerprint density at radius 3 is 2.29 bits per heavy atom. The fourth-order valence-electron chi connectivity index (χ4n) is 5.68. The molecule has 4 N–H and O–H groups in total. The normalized spacial score (nSPS) is 14.1. The molecule has 0 fully saturated rings. The van der Waals surface area contributed by atoms with Crippen molar-refractivity contribution >= 4 is 29.0 Å². The summed E-state index contributed by atoms with van der Waals surface area (Å²) in [4.78, 5) is 38.7. The zero-order valence-corrected chi connectivity index (χ0v) is 30.4. The van der Waals surface area contributed by atoms with Crippen molar-refractivity contribution < 1.29 is 33.7 Å². The number of aliphatic hydroxyl groups is 1. The number of hydrogen-bond acceptors (Lipinski definition) is 7. The van der Waals surface area contributed by atoms with Gasteiger partial charge in [0.2, 0.25) is 5.91 Å². The van der Waals surface area contributed by atoms with Crippen LogP contribution in [0.25, 0.3) is 10.9 Å². The Bertz CT molecular complexity index is 1510. The van der Waals surface area contributed by atoms with Gasteiger partial charge in [-0.05, 0) is 70.1 Å². The Hall–Kier alpha value is -4.25. The lowest BCUT2D eigenvalue weighted by Crippen LogP contribution is -2.49. The number of alkyl carbamates (subject to hydrolysis) is 1. The van der Waals surface area contributed by atoms with Gasteiger partial charge >= 0.3 is 12.2 Å². The van der Waals surface area contributed by atoms with E-state index in [9.17, 15) is 19.5 Å². The summed E-state index contributed by atoms with van der Waals surface area (Å²) in [5.74, 6) is 0.517. The van der Waals surface area contributed by atoms with Gasteiger partial charge < -0.3 is 39.8 Å². The average molecular weight is 681 g/mol. The lowest BCUT2D eigenvalue weighted by Gasteiger charge is -2.32. The minimum absolute atomic E-state index is 0.0768. The van der Waals surface area contributed by atoms with Crippen LogP contribution in [0.5, 0.6) is 11.5 Å². The lowest BCUT2D eigenvalue weighted by atomic mass is 9.85. The predicted octanol–water partition coefficient (Wildman–Crippen LogP) is 6.65. The van der Waals surface area contributed by atoms with Crippen LogP contribution in [0, 0.1) is 17.8 Å². The molecule has 0 bridgehead atoms. The number of fused-ring (bicyclic) bond motifs is 1. The number of hydrogen-bond donors (Lipinski definition) is 4. The first-order valence-corrected chi connectivity index (χ1v) is 17.3. The molecular formula is C38H56N4O7. The molecule has 11 heteroatoms. The molecule has 3 rings (SSSR count). The van der Waals surface area contributed by atoms with Gasteiger partial charge in [-0.3, -0.25) is 4.79 Å². The second kappa shape index (κ2) is 18.5. The van der Waals surface area contributed by atoms with Crippen LogP contribution in [0.1, 0.15) is 79.7 Å². The topological polar surface area (TPSA) is 140 Å². The maximum Gasteiger partial charge on any atom is 0.412 e. The molecule has 270 valence electrons. The van der Waals surface area contributed by atoms with Crippen molar-refractivity contribution in [3.05, 3.63) is 60.3 Å². The van der Waals surface area contributed by atoms with Crippen molar-refractivity contribution in [3.63, 3.8) is 0 Å². The van der Waals surface area contributed by atoms with Crippen LogP contribution in [0.4, 0.5) is 9.59 Å². The Labute approximate surface area is 291 Å². The number of amides is 3. The molecule has 0 saturated heterocycles. The van der Waals surface area contributed by atoms with E-state index in [2.05, 4.69) is 22.9 Å². The maximum atomic E-state index is 13.2. The van der Waals surface area contributed by atoms with Crippen LogP contribution < -0.4 is 25.4 Å². The number of para-hydroxylation sites is 2. The van der Waals surface area contributed by atoms with Gasteiger partial charge in [-0.2, -0.15) is 0 Å². The largest absolute Gasteiger partial charge is 0.496 e. The fraction of sp³-hybridized carbons (Fsp3) is 0.553. The zero-order chi connectivity index (χ0) is 36.1. The minimum Gasteiger partial charge on any atom is -0.496 e. The van der Waals surface area contributed by atoms with Crippen molar-refractivity contribution in [1.82, 2.24) is 20.5 Å². The molecule has 0 aliphatic carbocycles. The summed E-state index contributed by atoms with van der Waals surface area (Å²) < 4.78 is 18.9. The third kappa shape index (κ3) is 12.3. The Morgan fingerprint density at radius 1 is 0.918 bits per heavy atom. The number of rotatable bonds is 17. The van der Waals surface area contributed by atoms with Crippen molar-refractivity contribution in [2.24, 2.45) is 17.8 Å². The van der Waals surface area contributed by atoms with Crippen molar-refractivity contribution in [2.75, 3.05) is 20.2 Å². The van der Waals surface area contributed by atoms with Gasteiger partial charge in [0.1, 0.15) is 11.4 Å². The highest BCUT2D eigenvalue weighted by Crippen LogP contribution is 2.30. The predicted molar refractivity (Wildman–Crippen MR) is 192 cm³/mol. The first-order chi connectivity index (χ1) is 23.2. The first kappa shape index (κ1) is 39.2. The van der Waals surface area contributed by atoms with E-state index >= 15 is 0 Å². The van der Waals surface area contributed by atoms with E-state index in [4.69, 9.17) is 14.2 Å². The number of methoxy groups -OCH3 is 1. The van der Waals surface area contributed by atoms with Crippen LogP contribution in [-0.4, -0.2) is 65.7 Å². The van der Waals surface area contributed by atoms with Gasteiger partial charge in [-0.15, -0.1) is 0 Å². The zero-order valence-electron chi connectivity index (χ0n) is 30.4. The Kier molecular flexibility index (Phi) is 14.8. The molecule has 11 nitrogen and oxygen atoms in total. The lowest BCUT2D eigenvalue weighted by molar-refractivity contribution is -0.125. The molecule has 49 heavy (non-hydrogen) atoms. The summed E-state index contributed by atoms with van der Waals surface area (Å²) in [6, 6.07) is 14.8. The number of carbonyl (C=O) groups is 3. The van der Waals surface area contributed by atoms with E-state index in [1.807, 2.05) is 73.1 Å². The molecule has 0 radical (unpaired) electrons. The van der Waals surface area contributed by atoms with Gasteiger partial charge in [-0.1, -0.05) is 64.4 Å². The standard InChI is InChI=1S/C38H56N4O7/c1-9-10-19-39-35(44)26(4)20-32(43)30(41-37(46)49-38(5,6)7)21-28(25(2)3)22-40-36(45)48-34-24-42(31-17-13-12-16-29(31)34)23-27-15-11-14-18-33(27)47-8/h11-18,24-26,28,30,32,43H,9-10,19-23H2,1-8H3,(H,39,44)(H,40,45)(H,41,46)/t26-,28+,30+,32+/m1/s1. The molecule has 1 aromatic heterocycles. The minimum atomic E-state index is -1.03. The molecule has 3 aromatic rings. The number of aromatic nitrogens is 1. The van der Waals surface area contributed by atoms with Crippen LogP contribution >= 0.6 is 0 Å². The smallest absolute Gasteiger partial charge is 0.412 e. The quantitative estimate of drug-likeness (QED) is 0.117. The number of benzene rings is 2. The van der Waals surface area contributed by atoms with Gasteiger partial charge in [0.05, 0.1) is 31.3 Å². The van der Waals surface area contributed by atoms with Crippen LogP contribution in [0.2, 0.25) is 0 Å². The van der Waals surface area contributed by atoms with Gasteiger partial charge in [0.25, 0.3) is 0 Å². The van der Waals surface area contributed by atoms with Gasteiger partial charge in [0.15, 0.2) is 5.75 Å². The van der Waals surface area contributed by atoms with Crippen molar-refractivity contribution in [3.8, 4) is 11.5 Å². The third-order valence-corrected chi connectivity index (χ3v) is 8.53. The Balaban J connectivity index is 1.72. The maximum absolute atomic E-state index is 13.2. The number of unbranched alkanes of at least 4 members (excludes halogenated alkanes) is 1. The van der Waals surface area contributed by atoms with E-state index in [1.54, 1.807) is 34.8 Å². The van der Waals surface area contributed by atoms with Crippen LogP contribution in [0.15, 0.2) is 54.7 Å². The molecule has 0 unspecified atom stereocenters. The molecule has 0 spiro atoms. The van der Waals surface area contributed by atoms with E-state index in [0.717, 1.165) is 35.1 Å². The monoisotopic (exact) mass is 680 g/mol. The number of carbonyl (C=O) groups excluding carboxylic acids is 3. The van der Waals surface area contributed by atoms with Crippen molar-refractivity contribution in [1.29, 1.82) is 0 Å². The number of ether oxygens (including phenoxy) is 3. The first-order valence-electron chi connectivity index (χ1n) is 17.3. The summed E-state index contributed by atoms with van der Waals surface area (Å²) >= 11 is 0. The van der Waals surface area contributed by atoms with E-state index < -0.39 is 35.9 Å². The molecule has 4 atom stereocenters. The summed E-state index contributed by atoms with van der Waals surface area (Å²) in [6.07, 6.45) is 1.84. The van der Waals surface area contributed by atoms with E-state index in [0.29, 0.717) is 25.3 Å². The van der Waals surface area contributed by atoms with Crippen molar-refractivity contribution in [2.45, 2.75) is 98.4 Å². The van der Waals surface area contributed by atoms with Gasteiger partial charge in [0, 0.05) is 36.2 Å². The number of nitrogens with zero attached hydrogens (tertiary/aromatic N) is 1. The average Bonchev–Trinajstić information content (AvgIpc) is 3.37. The second-order valence-corrected chi connectivity index (χ2v) is 14.1. The highest BCUT2D eigenvalue weighted by atomic mass is 16.6.